The molecule has 0 atom stereocenters. The second kappa shape index (κ2) is 9.51. The Hall–Kier alpha value is -2.55. The van der Waals surface area contributed by atoms with E-state index in [4.69, 9.17) is 0 Å². The first-order valence-corrected chi connectivity index (χ1v) is 11.2. The van der Waals surface area contributed by atoms with Gasteiger partial charge in [0.05, 0.1) is 18.3 Å². The number of nitrogens with one attached hydrogen (secondary N) is 1. The summed E-state index contributed by atoms with van der Waals surface area (Å²) < 4.78 is 1.58. The average Bonchev–Trinajstić information content (AvgIpc) is 3.43. The van der Waals surface area contributed by atoms with Gasteiger partial charge in [0.25, 0.3) is 5.91 Å². The van der Waals surface area contributed by atoms with E-state index >= 15 is 0 Å². The minimum atomic E-state index is -0.826. The lowest BCUT2D eigenvalue weighted by molar-refractivity contribution is -0.0383. The standard InChI is InChI=1S/C22H27N5O2S/c28-21(23-11-8-19-7-4-14-30-19)20-16-27(25-24-20)17-22(29)9-12-26(13-10-22)15-18-5-2-1-3-6-18/h1-7,14,16,29H,8-13,15,17H2,(H,23,28). The molecule has 1 amide bonds. The van der Waals surface area contributed by atoms with Crippen LogP contribution in [0.25, 0.3) is 0 Å². The van der Waals surface area contributed by atoms with Gasteiger partial charge in [-0.2, -0.15) is 0 Å². The van der Waals surface area contributed by atoms with Crippen molar-refractivity contribution >= 4 is 17.2 Å². The van der Waals surface area contributed by atoms with Crippen LogP contribution in [0.3, 0.4) is 0 Å². The molecule has 0 saturated carbocycles. The number of amides is 1. The number of nitrogens with zero attached hydrogens (tertiary/aromatic N) is 4. The predicted molar refractivity (Wildman–Crippen MR) is 116 cm³/mol. The van der Waals surface area contributed by atoms with Gasteiger partial charge in [0.2, 0.25) is 0 Å². The lowest BCUT2D eigenvalue weighted by Gasteiger charge is -2.38. The third-order valence-corrected chi connectivity index (χ3v) is 6.44. The number of aromatic nitrogens is 3. The van der Waals surface area contributed by atoms with Crippen LogP contribution in [0.1, 0.15) is 33.8 Å². The van der Waals surface area contributed by atoms with Gasteiger partial charge in [-0.25, -0.2) is 4.68 Å². The SMILES string of the molecule is O=C(NCCc1cccs1)c1cn(CC2(O)CCN(Cc3ccccc3)CC2)nn1. The molecule has 1 aliphatic heterocycles. The first-order chi connectivity index (χ1) is 14.6. The number of rotatable bonds is 8. The lowest BCUT2D eigenvalue weighted by Crippen LogP contribution is -2.46. The van der Waals surface area contributed by atoms with Gasteiger partial charge in [-0.1, -0.05) is 41.6 Å². The van der Waals surface area contributed by atoms with Crippen molar-refractivity contribution < 1.29 is 9.90 Å². The Kier molecular flexibility index (Phi) is 6.56. The van der Waals surface area contributed by atoms with Gasteiger partial charge < -0.3 is 10.4 Å². The van der Waals surface area contributed by atoms with Crippen molar-refractivity contribution in [2.75, 3.05) is 19.6 Å². The fraction of sp³-hybridized carbons (Fsp3) is 0.409. The fourth-order valence-electron chi connectivity index (χ4n) is 3.75. The quantitative estimate of drug-likeness (QED) is 0.579. The zero-order valence-electron chi connectivity index (χ0n) is 16.9. The summed E-state index contributed by atoms with van der Waals surface area (Å²) in [5.41, 5.74) is 0.744. The monoisotopic (exact) mass is 425 g/mol. The van der Waals surface area contributed by atoms with Crippen LogP contribution >= 0.6 is 11.3 Å². The Balaban J connectivity index is 1.24. The molecule has 8 heteroatoms. The molecule has 158 valence electrons. The molecule has 0 unspecified atom stereocenters. The molecule has 1 aliphatic rings. The fourth-order valence-corrected chi connectivity index (χ4v) is 4.46. The molecule has 3 aromatic rings. The molecule has 0 aliphatic carbocycles. The summed E-state index contributed by atoms with van der Waals surface area (Å²) in [4.78, 5) is 15.9. The number of carbonyl (C=O) groups excluding carboxylic acids is 1. The molecule has 30 heavy (non-hydrogen) atoms. The average molecular weight is 426 g/mol. The minimum Gasteiger partial charge on any atom is -0.388 e. The molecular weight excluding hydrogens is 398 g/mol. The van der Waals surface area contributed by atoms with Crippen LogP contribution in [0.2, 0.25) is 0 Å². The Bertz CT molecular complexity index is 934. The van der Waals surface area contributed by atoms with Crippen LogP contribution in [0.5, 0.6) is 0 Å². The van der Waals surface area contributed by atoms with E-state index in [1.807, 2.05) is 17.5 Å². The van der Waals surface area contributed by atoms with Crippen LogP contribution < -0.4 is 5.32 Å². The topological polar surface area (TPSA) is 83.3 Å². The van der Waals surface area contributed by atoms with Crippen molar-refractivity contribution in [2.45, 2.75) is 38.0 Å². The molecule has 4 rings (SSSR count). The highest BCUT2D eigenvalue weighted by Gasteiger charge is 2.33. The number of hydrogen-bond acceptors (Lipinski definition) is 6. The van der Waals surface area contributed by atoms with E-state index in [9.17, 15) is 9.90 Å². The normalized spacial score (nSPS) is 16.4. The predicted octanol–water partition coefficient (Wildman–Crippen LogP) is 2.34. The number of carbonyl (C=O) groups is 1. The van der Waals surface area contributed by atoms with E-state index in [-0.39, 0.29) is 11.6 Å². The first-order valence-electron chi connectivity index (χ1n) is 10.3. The van der Waals surface area contributed by atoms with Crippen molar-refractivity contribution in [1.29, 1.82) is 0 Å². The second-order valence-corrected chi connectivity index (χ2v) is 8.90. The van der Waals surface area contributed by atoms with Crippen LogP contribution in [0.15, 0.2) is 54.0 Å². The Morgan fingerprint density at radius 1 is 1.17 bits per heavy atom. The highest BCUT2D eigenvalue weighted by atomic mass is 32.1. The van der Waals surface area contributed by atoms with Crippen LogP contribution in [0.4, 0.5) is 0 Å². The third kappa shape index (κ3) is 5.53. The van der Waals surface area contributed by atoms with Gasteiger partial charge in [-0.05, 0) is 36.3 Å². The molecule has 7 nitrogen and oxygen atoms in total. The van der Waals surface area contributed by atoms with E-state index in [1.54, 1.807) is 22.2 Å². The van der Waals surface area contributed by atoms with Crippen LogP contribution in [-0.2, 0) is 19.5 Å². The first kappa shape index (κ1) is 20.7. The Morgan fingerprint density at radius 3 is 2.70 bits per heavy atom. The zero-order valence-corrected chi connectivity index (χ0v) is 17.7. The highest BCUT2D eigenvalue weighted by molar-refractivity contribution is 7.09. The molecule has 0 spiro atoms. The molecule has 0 bridgehead atoms. The molecular formula is C22H27N5O2S. The third-order valence-electron chi connectivity index (χ3n) is 5.50. The lowest BCUT2D eigenvalue weighted by atomic mass is 9.91. The maximum Gasteiger partial charge on any atom is 0.273 e. The van der Waals surface area contributed by atoms with E-state index < -0.39 is 5.60 Å². The molecule has 0 radical (unpaired) electrons. The van der Waals surface area contributed by atoms with Crippen molar-refractivity contribution in [1.82, 2.24) is 25.2 Å². The van der Waals surface area contributed by atoms with Crippen molar-refractivity contribution in [3.8, 4) is 0 Å². The Morgan fingerprint density at radius 2 is 1.97 bits per heavy atom. The molecule has 2 N–H and O–H groups in total. The minimum absolute atomic E-state index is 0.234. The van der Waals surface area contributed by atoms with Crippen LogP contribution in [0, 0.1) is 0 Å². The summed E-state index contributed by atoms with van der Waals surface area (Å²) in [5.74, 6) is -0.234. The van der Waals surface area contributed by atoms with E-state index in [1.165, 1.54) is 10.4 Å². The van der Waals surface area contributed by atoms with Gasteiger partial charge >= 0.3 is 0 Å². The zero-order chi connectivity index (χ0) is 20.8. The van der Waals surface area contributed by atoms with Gasteiger partial charge in [0, 0.05) is 31.1 Å². The summed E-state index contributed by atoms with van der Waals surface area (Å²) >= 11 is 1.68. The summed E-state index contributed by atoms with van der Waals surface area (Å²) in [7, 11) is 0. The van der Waals surface area contributed by atoms with Gasteiger partial charge in [-0.3, -0.25) is 9.69 Å². The number of likely N-dealkylation sites (tertiary alicyclic amines) is 1. The van der Waals surface area contributed by atoms with E-state index in [2.05, 4.69) is 50.9 Å². The number of piperidine rings is 1. The highest BCUT2D eigenvalue weighted by Crippen LogP contribution is 2.25. The summed E-state index contributed by atoms with van der Waals surface area (Å²) in [6, 6.07) is 14.4. The molecule has 3 heterocycles. The van der Waals surface area contributed by atoms with Crippen molar-refractivity contribution in [3.05, 3.63) is 70.2 Å². The van der Waals surface area contributed by atoms with Gasteiger partial charge in [-0.15, -0.1) is 16.4 Å². The number of hydrogen-bond donors (Lipinski definition) is 2. The maximum absolute atomic E-state index is 12.3. The van der Waals surface area contributed by atoms with Gasteiger partial charge in [0.1, 0.15) is 0 Å². The van der Waals surface area contributed by atoms with Crippen molar-refractivity contribution in [2.24, 2.45) is 0 Å². The molecule has 2 aromatic heterocycles. The summed E-state index contributed by atoms with van der Waals surface area (Å²) in [5, 5.41) is 23.9. The number of aliphatic hydroxyl groups is 1. The molecule has 1 fully saturated rings. The molecule has 1 aromatic carbocycles. The number of thiophene rings is 1. The molecule has 1 saturated heterocycles. The van der Waals surface area contributed by atoms with Crippen LogP contribution in [-0.4, -0.2) is 56.1 Å². The summed E-state index contributed by atoms with van der Waals surface area (Å²) in [6.07, 6.45) is 3.76. The smallest absolute Gasteiger partial charge is 0.273 e. The van der Waals surface area contributed by atoms with Gasteiger partial charge in [0.15, 0.2) is 5.69 Å². The van der Waals surface area contributed by atoms with E-state index in [0.717, 1.165) is 26.1 Å². The number of benzene rings is 1. The van der Waals surface area contributed by atoms with E-state index in [0.29, 0.717) is 25.9 Å². The maximum atomic E-state index is 12.3. The Labute approximate surface area is 180 Å². The second-order valence-electron chi connectivity index (χ2n) is 7.87. The van der Waals surface area contributed by atoms with Crippen molar-refractivity contribution in [3.63, 3.8) is 0 Å². The summed E-state index contributed by atoms with van der Waals surface area (Å²) in [6.45, 7) is 3.47. The largest absolute Gasteiger partial charge is 0.388 e.